The maximum atomic E-state index is 15.2. The van der Waals surface area contributed by atoms with Crippen LogP contribution in [0.4, 0.5) is 14.5 Å². The van der Waals surface area contributed by atoms with Crippen LogP contribution in [0.15, 0.2) is 100 Å². The van der Waals surface area contributed by atoms with Gasteiger partial charge in [-0.15, -0.1) is 0 Å². The molecule has 15 nitrogen and oxygen atoms in total. The predicted octanol–water partition coefficient (Wildman–Crippen LogP) is 3.56. The Labute approximate surface area is 305 Å². The molecule has 0 bridgehead atoms. The van der Waals surface area contributed by atoms with Crippen LogP contribution in [0, 0.1) is 11.6 Å². The zero-order valence-electron chi connectivity index (χ0n) is 28.7. The summed E-state index contributed by atoms with van der Waals surface area (Å²) in [7, 11) is -3.05. The van der Waals surface area contributed by atoms with Crippen molar-refractivity contribution in [1.82, 2.24) is 34.4 Å². The number of sulfonamides is 1. The van der Waals surface area contributed by atoms with Gasteiger partial charge in [-0.25, -0.2) is 27.9 Å². The molecule has 1 aromatic carbocycles. The Hall–Kier alpha value is -6.69. The zero-order valence-corrected chi connectivity index (χ0v) is 29.5. The Kier molecular flexibility index (Phi) is 10.1. The van der Waals surface area contributed by atoms with Crippen LogP contribution in [0.1, 0.15) is 41.5 Å². The number of aliphatic carboxylic acids is 1. The molecule has 1 amide bonds. The first kappa shape index (κ1) is 37.1. The summed E-state index contributed by atoms with van der Waals surface area (Å²) in [5, 5.41) is 11.6. The first-order valence-corrected chi connectivity index (χ1v) is 17.6. The number of carbonyl (C=O) groups excluding carboxylic acids is 1. The molecule has 1 atom stereocenters. The van der Waals surface area contributed by atoms with E-state index in [1.54, 1.807) is 12.3 Å². The van der Waals surface area contributed by atoms with Crippen molar-refractivity contribution < 1.29 is 31.9 Å². The van der Waals surface area contributed by atoms with Crippen LogP contribution in [-0.2, 0) is 28.3 Å². The maximum absolute atomic E-state index is 15.2. The summed E-state index contributed by atoms with van der Waals surface area (Å²) < 4.78 is 60.4. The number of hydrogen-bond acceptors (Lipinski definition) is 10. The van der Waals surface area contributed by atoms with Gasteiger partial charge in [0.05, 0.1) is 40.2 Å². The van der Waals surface area contributed by atoms with Crippen molar-refractivity contribution in [2.75, 3.05) is 4.72 Å². The number of halogens is 2. The molecule has 54 heavy (non-hydrogen) atoms. The number of carbonyl (C=O) groups is 2. The third kappa shape index (κ3) is 7.45. The number of hydrogen-bond donors (Lipinski definition) is 3. The van der Waals surface area contributed by atoms with E-state index < -0.39 is 73.5 Å². The van der Waals surface area contributed by atoms with E-state index in [1.165, 1.54) is 66.7 Å². The quantitative estimate of drug-likeness (QED) is 0.174. The van der Waals surface area contributed by atoms with Crippen LogP contribution < -0.4 is 21.3 Å². The van der Waals surface area contributed by atoms with Crippen molar-refractivity contribution in [2.45, 2.75) is 37.3 Å². The third-order valence-electron chi connectivity index (χ3n) is 8.42. The number of rotatable bonds is 11. The molecule has 0 saturated carbocycles. The molecule has 0 aliphatic heterocycles. The van der Waals surface area contributed by atoms with Crippen LogP contribution in [-0.4, -0.2) is 60.5 Å². The number of carboxylic acid groups (broad SMARTS) is 1. The molecule has 5 heterocycles. The van der Waals surface area contributed by atoms with E-state index in [1.807, 2.05) is 24.6 Å². The van der Waals surface area contributed by atoms with Gasteiger partial charge in [-0.05, 0) is 60.0 Å². The number of fused-ring (bicyclic) bond motifs is 1. The van der Waals surface area contributed by atoms with Crippen LogP contribution in [0.3, 0.4) is 0 Å². The Morgan fingerprint density at radius 3 is 2.33 bits per heavy atom. The molecular formula is C36H30F2N8O7S. The molecule has 0 aliphatic rings. The van der Waals surface area contributed by atoms with Crippen LogP contribution in [0.5, 0.6) is 0 Å². The lowest BCUT2D eigenvalue weighted by atomic mass is 10.0. The lowest BCUT2D eigenvalue weighted by molar-refractivity contribution is -0.139. The summed E-state index contributed by atoms with van der Waals surface area (Å²) in [4.78, 5) is 67.4. The van der Waals surface area contributed by atoms with Crippen molar-refractivity contribution in [2.24, 2.45) is 7.05 Å². The minimum Gasteiger partial charge on any atom is -0.480 e. The van der Waals surface area contributed by atoms with E-state index in [0.29, 0.717) is 23.2 Å². The van der Waals surface area contributed by atoms with Crippen molar-refractivity contribution in [1.29, 1.82) is 0 Å². The van der Waals surface area contributed by atoms with Gasteiger partial charge in [-0.1, -0.05) is 13.8 Å². The molecule has 0 radical (unpaired) electrons. The SMILES string of the molecule is CC(C)c1cc(-c2ccc(S(=O)(=O)Nc3cc(F)c(C(=O)N[C@@H](Cc4ccc(-n5c(=O)c6ccncc6n(C)c5=O)cn4)C(=O)O)cc3F)nc2)ccn1. The van der Waals surface area contributed by atoms with Crippen LogP contribution >= 0.6 is 0 Å². The molecular weight excluding hydrogens is 727 g/mol. The largest absolute Gasteiger partial charge is 0.480 e. The molecule has 6 aromatic rings. The Morgan fingerprint density at radius 1 is 0.889 bits per heavy atom. The van der Waals surface area contributed by atoms with Gasteiger partial charge in [0.2, 0.25) is 0 Å². The van der Waals surface area contributed by atoms with Gasteiger partial charge in [0.15, 0.2) is 5.03 Å². The number of aromatic nitrogens is 6. The fourth-order valence-corrected chi connectivity index (χ4v) is 6.48. The zero-order chi connectivity index (χ0) is 38.9. The smallest absolute Gasteiger partial charge is 0.335 e. The number of nitrogens with one attached hydrogen (secondary N) is 2. The Balaban J connectivity index is 1.16. The highest BCUT2D eigenvalue weighted by Gasteiger charge is 2.26. The molecule has 3 N–H and O–H groups in total. The normalized spacial score (nSPS) is 12.1. The fraction of sp³-hybridized carbons (Fsp3) is 0.167. The van der Waals surface area contributed by atoms with Crippen molar-refractivity contribution >= 4 is 38.5 Å². The lowest BCUT2D eigenvalue weighted by Gasteiger charge is -2.16. The van der Waals surface area contributed by atoms with Crippen molar-refractivity contribution in [3.8, 4) is 16.8 Å². The molecule has 0 fully saturated rings. The molecule has 0 aliphatic carbocycles. The first-order valence-electron chi connectivity index (χ1n) is 16.1. The van der Waals surface area contributed by atoms with E-state index in [9.17, 15) is 32.7 Å². The number of nitrogens with zero attached hydrogens (tertiary/aromatic N) is 6. The fourth-order valence-electron chi connectivity index (χ4n) is 5.49. The summed E-state index contributed by atoms with van der Waals surface area (Å²) in [6.07, 6.45) is 6.47. The van der Waals surface area contributed by atoms with E-state index in [2.05, 4.69) is 25.3 Å². The summed E-state index contributed by atoms with van der Waals surface area (Å²) >= 11 is 0. The molecule has 0 spiro atoms. The molecule has 276 valence electrons. The number of carboxylic acids is 1. The van der Waals surface area contributed by atoms with Crippen molar-refractivity contribution in [3.63, 3.8) is 0 Å². The Bertz CT molecular complexity index is 2670. The molecule has 6 rings (SSSR count). The van der Waals surface area contributed by atoms with Gasteiger partial charge in [0.1, 0.15) is 17.7 Å². The van der Waals surface area contributed by atoms with Gasteiger partial charge in [-0.2, -0.15) is 8.42 Å². The summed E-state index contributed by atoms with van der Waals surface area (Å²) in [5.41, 5.74) is -0.316. The highest BCUT2D eigenvalue weighted by Crippen LogP contribution is 2.25. The standard InChI is InChI=1S/C36H30F2N8O7S/c1-19(2)28-12-20(8-11-40-28)21-4-7-32(42-16-21)54(52,53)44-29-15-26(37)25(14-27(29)38)33(47)43-30(35(49)50)13-22-5-6-23(17-41-22)46-34(48)24-9-10-39-18-31(24)45(3)36(46)51/h4-12,14-19,30,44H,13H2,1-3H3,(H,43,47)(H,49,50)/t30-/m0/s1. The molecule has 18 heteroatoms. The van der Waals surface area contributed by atoms with Gasteiger partial charge in [0.25, 0.3) is 21.5 Å². The van der Waals surface area contributed by atoms with Gasteiger partial charge < -0.3 is 10.4 Å². The second-order valence-corrected chi connectivity index (χ2v) is 14.0. The first-order chi connectivity index (χ1) is 25.6. The monoisotopic (exact) mass is 756 g/mol. The minimum absolute atomic E-state index is 0.0881. The number of amides is 1. The number of anilines is 1. The summed E-state index contributed by atoms with van der Waals surface area (Å²) in [6, 6.07) is 9.63. The second kappa shape index (κ2) is 14.7. The van der Waals surface area contributed by atoms with Gasteiger partial charge in [0, 0.05) is 55.1 Å². The second-order valence-electron chi connectivity index (χ2n) is 12.4. The van der Waals surface area contributed by atoms with Gasteiger partial charge in [-0.3, -0.25) is 33.8 Å². The predicted molar refractivity (Wildman–Crippen MR) is 192 cm³/mol. The maximum Gasteiger partial charge on any atom is 0.335 e. The minimum atomic E-state index is -4.51. The number of benzene rings is 1. The lowest BCUT2D eigenvalue weighted by Crippen LogP contribution is -2.42. The Morgan fingerprint density at radius 2 is 1.67 bits per heavy atom. The summed E-state index contributed by atoms with van der Waals surface area (Å²) in [6.45, 7) is 3.95. The number of pyridine rings is 4. The van der Waals surface area contributed by atoms with E-state index in [4.69, 9.17) is 0 Å². The van der Waals surface area contributed by atoms with Crippen LogP contribution in [0.25, 0.3) is 27.7 Å². The average Bonchev–Trinajstić information content (AvgIpc) is 3.15. The van der Waals surface area contributed by atoms with Crippen LogP contribution in [0.2, 0.25) is 0 Å². The van der Waals surface area contributed by atoms with E-state index >= 15 is 8.78 Å². The van der Waals surface area contributed by atoms with Crippen molar-refractivity contribution in [3.05, 3.63) is 135 Å². The molecule has 0 unspecified atom stereocenters. The average molecular weight is 757 g/mol. The molecule has 0 saturated heterocycles. The molecule has 5 aromatic heterocycles. The van der Waals surface area contributed by atoms with Gasteiger partial charge >= 0.3 is 11.7 Å². The third-order valence-corrected chi connectivity index (χ3v) is 9.70. The summed E-state index contributed by atoms with van der Waals surface area (Å²) in [5.74, 6) is -5.35. The van der Waals surface area contributed by atoms with E-state index in [0.717, 1.165) is 15.8 Å². The topological polar surface area (TPSA) is 208 Å². The highest BCUT2D eigenvalue weighted by molar-refractivity contribution is 7.92. The van der Waals surface area contributed by atoms with E-state index in [-0.39, 0.29) is 22.7 Å². The highest BCUT2D eigenvalue weighted by atomic mass is 32.2. The number of aryl methyl sites for hydroxylation is 1.